The van der Waals surface area contributed by atoms with Gasteiger partial charge in [0.1, 0.15) is 0 Å². The highest BCUT2D eigenvalue weighted by molar-refractivity contribution is 5.92. The van der Waals surface area contributed by atoms with Gasteiger partial charge in [-0.25, -0.2) is 14.8 Å². The number of anilines is 2. The van der Waals surface area contributed by atoms with Gasteiger partial charge in [0.05, 0.1) is 12.7 Å². The number of hydrogen-bond acceptors (Lipinski definition) is 6. The summed E-state index contributed by atoms with van der Waals surface area (Å²) in [5, 5.41) is 4.00. The molecule has 0 saturated heterocycles. The van der Waals surface area contributed by atoms with E-state index in [-0.39, 0.29) is 5.91 Å². The SMILES string of the molecule is COC(=O)c1cnc(N2CCc3[nH]c4ccc(-c5cccc(NC(C)=O)c5)cc4c3C2)nc1. The third kappa shape index (κ3) is 4.03. The summed E-state index contributed by atoms with van der Waals surface area (Å²) in [7, 11) is 1.34. The van der Waals surface area contributed by atoms with Crippen molar-refractivity contribution in [2.24, 2.45) is 0 Å². The minimum atomic E-state index is -0.450. The molecule has 5 rings (SSSR count). The van der Waals surface area contributed by atoms with E-state index in [1.807, 2.05) is 24.3 Å². The Morgan fingerprint density at radius 2 is 1.88 bits per heavy atom. The Labute approximate surface area is 190 Å². The molecule has 1 amide bonds. The molecular formula is C25H23N5O3. The van der Waals surface area contributed by atoms with Crippen molar-refractivity contribution in [3.8, 4) is 11.1 Å². The highest BCUT2D eigenvalue weighted by Gasteiger charge is 2.23. The fraction of sp³-hybridized carbons (Fsp3) is 0.200. The molecule has 166 valence electrons. The van der Waals surface area contributed by atoms with Crippen LogP contribution in [0.15, 0.2) is 54.9 Å². The summed E-state index contributed by atoms with van der Waals surface area (Å²) in [6.45, 7) is 2.95. The zero-order chi connectivity index (χ0) is 22.9. The van der Waals surface area contributed by atoms with Crippen molar-refractivity contribution in [2.75, 3.05) is 23.9 Å². The fourth-order valence-electron chi connectivity index (χ4n) is 4.25. The average molecular weight is 441 g/mol. The van der Waals surface area contributed by atoms with Crippen LogP contribution in [0.1, 0.15) is 28.5 Å². The number of hydrogen-bond donors (Lipinski definition) is 2. The van der Waals surface area contributed by atoms with Gasteiger partial charge in [-0.05, 0) is 35.4 Å². The second-order valence-electron chi connectivity index (χ2n) is 8.04. The van der Waals surface area contributed by atoms with Crippen molar-refractivity contribution in [2.45, 2.75) is 19.9 Å². The zero-order valence-corrected chi connectivity index (χ0v) is 18.4. The number of H-pyrrole nitrogens is 1. The maximum atomic E-state index is 11.7. The topological polar surface area (TPSA) is 100 Å². The number of aromatic amines is 1. The number of amides is 1. The van der Waals surface area contributed by atoms with E-state index in [9.17, 15) is 9.59 Å². The minimum Gasteiger partial charge on any atom is -0.465 e. The van der Waals surface area contributed by atoms with Gasteiger partial charge in [-0.15, -0.1) is 0 Å². The zero-order valence-electron chi connectivity index (χ0n) is 18.4. The maximum Gasteiger partial charge on any atom is 0.341 e. The Hall–Kier alpha value is -4.20. The van der Waals surface area contributed by atoms with Crippen LogP contribution in [0.5, 0.6) is 0 Å². The van der Waals surface area contributed by atoms with E-state index >= 15 is 0 Å². The van der Waals surface area contributed by atoms with Gasteiger partial charge in [-0.1, -0.05) is 18.2 Å². The first-order chi connectivity index (χ1) is 16.0. The largest absolute Gasteiger partial charge is 0.465 e. The van der Waals surface area contributed by atoms with Crippen LogP contribution in [0.3, 0.4) is 0 Å². The highest BCUT2D eigenvalue weighted by Crippen LogP contribution is 2.33. The summed E-state index contributed by atoms with van der Waals surface area (Å²) in [4.78, 5) is 37.5. The number of rotatable bonds is 4. The Morgan fingerprint density at radius 1 is 1.09 bits per heavy atom. The van der Waals surface area contributed by atoms with E-state index in [2.05, 4.69) is 43.4 Å². The van der Waals surface area contributed by atoms with Crippen LogP contribution in [0.25, 0.3) is 22.0 Å². The predicted molar refractivity (Wildman–Crippen MR) is 126 cm³/mol. The first kappa shape index (κ1) is 20.7. The summed E-state index contributed by atoms with van der Waals surface area (Å²) in [6, 6.07) is 14.2. The molecule has 0 bridgehead atoms. The Kier molecular flexibility index (Phi) is 5.26. The van der Waals surface area contributed by atoms with Gasteiger partial charge in [-0.3, -0.25) is 4.79 Å². The molecule has 3 heterocycles. The lowest BCUT2D eigenvalue weighted by Gasteiger charge is -2.27. The number of nitrogens with zero attached hydrogens (tertiary/aromatic N) is 3. The van der Waals surface area contributed by atoms with Gasteiger partial charge < -0.3 is 19.9 Å². The maximum absolute atomic E-state index is 11.7. The predicted octanol–water partition coefficient (Wildman–Crippen LogP) is 3.93. The van der Waals surface area contributed by atoms with E-state index in [0.717, 1.165) is 40.7 Å². The van der Waals surface area contributed by atoms with E-state index < -0.39 is 5.97 Å². The van der Waals surface area contributed by atoms with Crippen LogP contribution in [-0.2, 0) is 22.5 Å². The molecule has 2 aromatic carbocycles. The number of fused-ring (bicyclic) bond motifs is 3. The third-order valence-corrected chi connectivity index (χ3v) is 5.83. The standard InChI is InChI=1S/C25H23N5O3/c1-15(31)28-19-5-3-4-16(10-19)17-6-7-22-20(11-17)21-14-30(9-8-23(21)29-22)25-26-12-18(13-27-25)24(32)33-2/h3-7,10-13,29H,8-9,14H2,1-2H3,(H,28,31). The van der Waals surface area contributed by atoms with Gasteiger partial charge in [-0.2, -0.15) is 0 Å². The molecule has 0 radical (unpaired) electrons. The van der Waals surface area contributed by atoms with Crippen LogP contribution in [0.4, 0.5) is 11.6 Å². The molecule has 0 atom stereocenters. The molecule has 8 nitrogen and oxygen atoms in total. The van der Waals surface area contributed by atoms with Crippen LogP contribution < -0.4 is 10.2 Å². The Bertz CT molecular complexity index is 1360. The van der Waals surface area contributed by atoms with Crippen molar-refractivity contribution in [3.63, 3.8) is 0 Å². The number of ether oxygens (including phenoxy) is 1. The molecule has 8 heteroatoms. The van der Waals surface area contributed by atoms with Crippen LogP contribution in [0, 0.1) is 0 Å². The molecule has 0 fully saturated rings. The van der Waals surface area contributed by atoms with E-state index in [0.29, 0.717) is 18.1 Å². The minimum absolute atomic E-state index is 0.0933. The summed E-state index contributed by atoms with van der Waals surface area (Å²) in [5.41, 5.74) is 6.74. The normalized spacial score (nSPS) is 13.0. The van der Waals surface area contributed by atoms with Crippen molar-refractivity contribution < 1.29 is 14.3 Å². The van der Waals surface area contributed by atoms with Crippen molar-refractivity contribution in [1.29, 1.82) is 0 Å². The van der Waals surface area contributed by atoms with E-state index in [4.69, 9.17) is 4.74 Å². The number of carbonyl (C=O) groups excluding carboxylic acids is 2. The van der Waals surface area contributed by atoms with Gasteiger partial charge in [0.25, 0.3) is 0 Å². The number of carbonyl (C=O) groups is 2. The smallest absolute Gasteiger partial charge is 0.341 e. The molecule has 0 aliphatic carbocycles. The molecule has 0 unspecified atom stereocenters. The van der Waals surface area contributed by atoms with Crippen molar-refractivity contribution >= 4 is 34.4 Å². The molecule has 4 aromatic rings. The molecule has 1 aliphatic rings. The molecule has 33 heavy (non-hydrogen) atoms. The molecule has 0 saturated carbocycles. The molecule has 2 aromatic heterocycles. The second kappa shape index (κ2) is 8.38. The quantitative estimate of drug-likeness (QED) is 0.466. The molecular weight excluding hydrogens is 418 g/mol. The molecule has 2 N–H and O–H groups in total. The van der Waals surface area contributed by atoms with E-state index in [1.165, 1.54) is 37.7 Å². The third-order valence-electron chi connectivity index (χ3n) is 5.83. The summed E-state index contributed by atoms with van der Waals surface area (Å²) in [5.74, 6) is 0.0419. The lowest BCUT2D eigenvalue weighted by Crippen LogP contribution is -2.31. The lowest BCUT2D eigenvalue weighted by molar-refractivity contribution is -0.114. The van der Waals surface area contributed by atoms with E-state index in [1.54, 1.807) is 0 Å². The summed E-state index contributed by atoms with van der Waals surface area (Å²) >= 11 is 0. The second-order valence-corrected chi connectivity index (χ2v) is 8.04. The van der Waals surface area contributed by atoms with Gasteiger partial charge >= 0.3 is 5.97 Å². The first-order valence-corrected chi connectivity index (χ1v) is 10.7. The van der Waals surface area contributed by atoms with Crippen molar-refractivity contribution in [3.05, 3.63) is 71.7 Å². The number of benzene rings is 2. The number of nitrogens with one attached hydrogen (secondary N) is 2. The number of aromatic nitrogens is 3. The lowest BCUT2D eigenvalue weighted by atomic mass is 9.99. The summed E-state index contributed by atoms with van der Waals surface area (Å²) in [6.07, 6.45) is 3.84. The van der Waals surface area contributed by atoms with Crippen molar-refractivity contribution in [1.82, 2.24) is 15.0 Å². The van der Waals surface area contributed by atoms with Crippen LogP contribution in [-0.4, -0.2) is 40.5 Å². The van der Waals surface area contributed by atoms with Crippen LogP contribution in [0.2, 0.25) is 0 Å². The first-order valence-electron chi connectivity index (χ1n) is 10.7. The van der Waals surface area contributed by atoms with Gasteiger partial charge in [0.15, 0.2) is 0 Å². The monoisotopic (exact) mass is 441 g/mol. The number of methoxy groups -OCH3 is 1. The van der Waals surface area contributed by atoms with Gasteiger partial charge in [0.2, 0.25) is 11.9 Å². The van der Waals surface area contributed by atoms with Crippen LogP contribution >= 0.6 is 0 Å². The highest BCUT2D eigenvalue weighted by atomic mass is 16.5. The average Bonchev–Trinajstić information content (AvgIpc) is 3.20. The Morgan fingerprint density at radius 3 is 2.64 bits per heavy atom. The Balaban J connectivity index is 1.46. The fourth-order valence-corrected chi connectivity index (χ4v) is 4.25. The summed E-state index contributed by atoms with van der Waals surface area (Å²) < 4.78 is 4.72. The van der Waals surface area contributed by atoms with Gasteiger partial charge in [0, 0.05) is 66.7 Å². The molecule has 1 aliphatic heterocycles. The number of esters is 1. The molecule has 0 spiro atoms.